The quantitative estimate of drug-likeness (QED) is 0.198. The largest absolute Gasteiger partial charge is 0.481 e. The third kappa shape index (κ3) is 7.16. The van der Waals surface area contributed by atoms with Crippen LogP contribution in [0.5, 0.6) is 0 Å². The van der Waals surface area contributed by atoms with Crippen LogP contribution >= 0.6 is 23.5 Å². The molecule has 0 fully saturated rings. The SMILES string of the molecule is CC(Cc1cccc([C@@]2(C)CCCC(C)(C)CSCCc3c(c(F)cc4[nH]ccc34)Sc3cccc(c3)-c3nc2nn3C)c1)C(=O)O. The Kier molecular flexibility index (Phi) is 9.59. The number of thioether (sulfide) groups is 1. The molecule has 1 aliphatic heterocycles. The molecule has 6 nitrogen and oxygen atoms in total. The number of nitrogens with one attached hydrogen (secondary N) is 1. The number of hydrogen-bond acceptors (Lipinski definition) is 5. The molecular weight excluding hydrogens is 628 g/mol. The highest BCUT2D eigenvalue weighted by Crippen LogP contribution is 2.41. The van der Waals surface area contributed by atoms with Gasteiger partial charge in [0.15, 0.2) is 11.6 Å². The van der Waals surface area contributed by atoms with Gasteiger partial charge in [-0.05, 0) is 90.5 Å². The normalized spacial score (nSPS) is 19.4. The number of hydrogen-bond donors (Lipinski definition) is 2. The highest BCUT2D eigenvalue weighted by Gasteiger charge is 2.35. The molecule has 2 aromatic heterocycles. The fraction of sp³-hybridized carbons (Fsp3) is 0.395. The van der Waals surface area contributed by atoms with Crippen molar-refractivity contribution in [2.45, 2.75) is 75.0 Å². The third-order valence-electron chi connectivity index (χ3n) is 9.48. The minimum Gasteiger partial charge on any atom is -0.481 e. The molecule has 2 N–H and O–H groups in total. The first-order valence-corrected chi connectivity index (χ1v) is 18.3. The molecule has 6 rings (SSSR count). The average Bonchev–Trinajstić information content (AvgIpc) is 3.66. The molecule has 0 spiro atoms. The van der Waals surface area contributed by atoms with E-state index in [2.05, 4.69) is 50.0 Å². The lowest BCUT2D eigenvalue weighted by Gasteiger charge is -2.31. The van der Waals surface area contributed by atoms with E-state index in [1.54, 1.807) is 13.0 Å². The summed E-state index contributed by atoms with van der Waals surface area (Å²) in [4.78, 5) is 21.7. The first-order valence-electron chi connectivity index (χ1n) is 16.3. The number of aromatic nitrogens is 4. The molecule has 47 heavy (non-hydrogen) atoms. The van der Waals surface area contributed by atoms with Gasteiger partial charge in [0.05, 0.1) is 16.2 Å². The van der Waals surface area contributed by atoms with Crippen LogP contribution < -0.4 is 0 Å². The second kappa shape index (κ2) is 13.5. The van der Waals surface area contributed by atoms with Crippen molar-refractivity contribution in [3.63, 3.8) is 0 Å². The standard InChI is InChI=1S/C38H43FN4O2S2/c1-24(35(44)45)19-25-9-6-11-27(20-25)38(4)16-8-15-37(2,3)23-46-18-14-30-29-13-17-40-32(29)22-31(39)33(30)47-28-12-7-10-26(21-28)34-41-36(38)42-43(34)5/h6-7,9-13,17,20-22,24,40H,8,14-16,18-19,23H2,1-5H3,(H,44,45)/t24?,38-/m1/s1. The minimum absolute atomic E-state index is 0.110. The number of fused-ring (bicyclic) bond motifs is 8. The molecule has 0 radical (unpaired) electrons. The van der Waals surface area contributed by atoms with E-state index in [9.17, 15) is 9.90 Å². The summed E-state index contributed by atoms with van der Waals surface area (Å²) >= 11 is 3.41. The average molecular weight is 671 g/mol. The maximum absolute atomic E-state index is 15.7. The lowest BCUT2D eigenvalue weighted by molar-refractivity contribution is -0.141. The Balaban J connectivity index is 1.44. The summed E-state index contributed by atoms with van der Waals surface area (Å²) in [7, 11) is 1.93. The van der Waals surface area contributed by atoms with Crippen molar-refractivity contribution in [2.75, 3.05) is 11.5 Å². The van der Waals surface area contributed by atoms with Crippen LogP contribution in [0.4, 0.5) is 4.39 Å². The van der Waals surface area contributed by atoms with E-state index < -0.39 is 17.3 Å². The zero-order chi connectivity index (χ0) is 33.3. The molecule has 0 amide bonds. The predicted octanol–water partition coefficient (Wildman–Crippen LogP) is 9.31. The molecule has 0 saturated heterocycles. The van der Waals surface area contributed by atoms with Gasteiger partial charge < -0.3 is 10.1 Å². The Bertz CT molecular complexity index is 1910. The van der Waals surface area contributed by atoms with E-state index >= 15 is 4.39 Å². The maximum Gasteiger partial charge on any atom is 0.306 e. The van der Waals surface area contributed by atoms with Crippen molar-refractivity contribution in [3.05, 3.63) is 95.2 Å². The summed E-state index contributed by atoms with van der Waals surface area (Å²) in [6.45, 7) is 8.64. The zero-order valence-corrected chi connectivity index (χ0v) is 29.4. The van der Waals surface area contributed by atoms with Gasteiger partial charge in [0.25, 0.3) is 0 Å². The van der Waals surface area contributed by atoms with Crippen molar-refractivity contribution in [2.24, 2.45) is 18.4 Å². The summed E-state index contributed by atoms with van der Waals surface area (Å²) in [5.41, 5.74) is 4.53. The molecule has 2 atom stereocenters. The molecule has 246 valence electrons. The van der Waals surface area contributed by atoms with Gasteiger partial charge in [-0.15, -0.1) is 0 Å². The molecule has 5 aromatic rings. The molecule has 1 aliphatic rings. The monoisotopic (exact) mass is 670 g/mol. The highest BCUT2D eigenvalue weighted by molar-refractivity contribution is 7.99. The fourth-order valence-electron chi connectivity index (χ4n) is 6.65. The van der Waals surface area contributed by atoms with Crippen molar-refractivity contribution < 1.29 is 14.3 Å². The van der Waals surface area contributed by atoms with Crippen LogP contribution in [-0.2, 0) is 30.1 Å². The van der Waals surface area contributed by atoms with Gasteiger partial charge in [-0.2, -0.15) is 16.9 Å². The van der Waals surface area contributed by atoms with Crippen LogP contribution in [0, 0.1) is 17.2 Å². The molecule has 3 aromatic carbocycles. The Morgan fingerprint density at radius 3 is 2.72 bits per heavy atom. The van der Waals surface area contributed by atoms with Crippen molar-refractivity contribution in [3.8, 4) is 11.4 Å². The van der Waals surface area contributed by atoms with Gasteiger partial charge in [-0.25, -0.2) is 14.1 Å². The topological polar surface area (TPSA) is 83.8 Å². The van der Waals surface area contributed by atoms with Gasteiger partial charge in [0, 0.05) is 34.6 Å². The number of aliphatic carboxylic acids is 1. The molecule has 1 unspecified atom stereocenters. The number of H-pyrrole nitrogens is 1. The number of nitrogens with zero attached hydrogens (tertiary/aromatic N) is 3. The smallest absolute Gasteiger partial charge is 0.306 e. The molecule has 0 aliphatic carbocycles. The molecule has 9 heteroatoms. The summed E-state index contributed by atoms with van der Waals surface area (Å²) in [5, 5.41) is 15.7. The van der Waals surface area contributed by atoms with Crippen LogP contribution in [-0.4, -0.2) is 42.3 Å². The van der Waals surface area contributed by atoms with Crippen molar-refractivity contribution >= 4 is 40.4 Å². The Labute approximate surface area is 285 Å². The van der Waals surface area contributed by atoms with Gasteiger partial charge in [-0.3, -0.25) is 4.79 Å². The number of rotatable bonds is 4. The second-order valence-electron chi connectivity index (χ2n) is 13.9. The lowest BCUT2D eigenvalue weighted by atomic mass is 9.75. The maximum atomic E-state index is 15.7. The van der Waals surface area contributed by atoms with Crippen molar-refractivity contribution in [1.82, 2.24) is 19.7 Å². The molecule has 4 bridgehead atoms. The van der Waals surface area contributed by atoms with Gasteiger partial charge in [0.1, 0.15) is 5.82 Å². The van der Waals surface area contributed by atoms with Gasteiger partial charge in [0.2, 0.25) is 0 Å². The summed E-state index contributed by atoms with van der Waals surface area (Å²) in [5.74, 6) is 1.95. The third-order valence-corrected chi connectivity index (χ3v) is 12.1. The molecule has 3 heterocycles. The number of carboxylic acid groups (broad SMARTS) is 1. The number of carboxylic acids is 1. The van der Waals surface area contributed by atoms with E-state index in [-0.39, 0.29) is 11.2 Å². The summed E-state index contributed by atoms with van der Waals surface area (Å²) in [6.07, 6.45) is 6.03. The number of carbonyl (C=O) groups is 1. The van der Waals surface area contributed by atoms with Gasteiger partial charge >= 0.3 is 5.97 Å². The van der Waals surface area contributed by atoms with Crippen LogP contribution in [0.15, 0.2) is 76.7 Å². The Hall–Kier alpha value is -3.56. The second-order valence-corrected chi connectivity index (χ2v) is 16.1. The minimum atomic E-state index is -0.793. The predicted molar refractivity (Wildman–Crippen MR) is 191 cm³/mol. The number of aromatic amines is 1. The fourth-order valence-corrected chi connectivity index (χ4v) is 8.90. The van der Waals surface area contributed by atoms with E-state index in [1.807, 2.05) is 60.0 Å². The van der Waals surface area contributed by atoms with E-state index in [4.69, 9.17) is 10.1 Å². The zero-order valence-electron chi connectivity index (χ0n) is 27.8. The first kappa shape index (κ1) is 33.3. The van der Waals surface area contributed by atoms with E-state index in [0.717, 1.165) is 86.9 Å². The first-order chi connectivity index (χ1) is 22.4. The number of benzene rings is 3. The number of halogens is 1. The number of aryl methyl sites for hydroxylation is 2. The van der Waals surface area contributed by atoms with Crippen LogP contribution in [0.25, 0.3) is 22.3 Å². The Morgan fingerprint density at radius 2 is 1.91 bits per heavy atom. The van der Waals surface area contributed by atoms with Crippen molar-refractivity contribution in [1.29, 1.82) is 0 Å². The van der Waals surface area contributed by atoms with Crippen LogP contribution in [0.2, 0.25) is 0 Å². The Morgan fingerprint density at radius 1 is 1.11 bits per heavy atom. The highest BCUT2D eigenvalue weighted by atomic mass is 32.2. The molecule has 0 saturated carbocycles. The molecular formula is C38H43FN4O2S2. The van der Waals surface area contributed by atoms with Gasteiger partial charge in [-0.1, -0.05) is 75.4 Å². The van der Waals surface area contributed by atoms with E-state index in [1.165, 1.54) is 11.8 Å². The lowest BCUT2D eigenvalue weighted by Crippen LogP contribution is -2.27. The summed E-state index contributed by atoms with van der Waals surface area (Å²) in [6, 6.07) is 20.1. The summed E-state index contributed by atoms with van der Waals surface area (Å²) < 4.78 is 17.6. The van der Waals surface area contributed by atoms with E-state index in [0.29, 0.717) is 11.3 Å². The van der Waals surface area contributed by atoms with Crippen LogP contribution in [0.1, 0.15) is 69.5 Å². The van der Waals surface area contributed by atoms with Crippen LogP contribution in [0.3, 0.4) is 0 Å².